The molecule has 0 heterocycles. The fourth-order valence-corrected chi connectivity index (χ4v) is 3.15. The Morgan fingerprint density at radius 2 is 1.86 bits per heavy atom. The third kappa shape index (κ3) is 4.55. The SMILES string of the molecule is O=C(NC(CCO)C1CCCCC1)C(O)c1ccccc1. The number of amides is 1. The quantitative estimate of drug-likeness (QED) is 0.752. The number of hydrogen-bond acceptors (Lipinski definition) is 3. The maximum absolute atomic E-state index is 12.2. The number of carbonyl (C=O) groups is 1. The lowest BCUT2D eigenvalue weighted by molar-refractivity contribution is -0.131. The molecule has 1 aliphatic rings. The van der Waals surface area contributed by atoms with Crippen LogP contribution in [0.5, 0.6) is 0 Å². The summed E-state index contributed by atoms with van der Waals surface area (Å²) in [5, 5.41) is 22.3. The van der Waals surface area contributed by atoms with E-state index in [0.29, 0.717) is 17.9 Å². The largest absolute Gasteiger partial charge is 0.396 e. The lowest BCUT2D eigenvalue weighted by atomic mass is 9.82. The van der Waals surface area contributed by atoms with E-state index in [0.717, 1.165) is 12.8 Å². The summed E-state index contributed by atoms with van der Waals surface area (Å²) >= 11 is 0. The van der Waals surface area contributed by atoms with Gasteiger partial charge >= 0.3 is 0 Å². The molecule has 21 heavy (non-hydrogen) atoms. The lowest BCUT2D eigenvalue weighted by Crippen LogP contribution is -2.43. The smallest absolute Gasteiger partial charge is 0.253 e. The van der Waals surface area contributed by atoms with Gasteiger partial charge in [0.15, 0.2) is 6.10 Å². The van der Waals surface area contributed by atoms with Gasteiger partial charge in [0.25, 0.3) is 5.91 Å². The molecule has 0 radical (unpaired) electrons. The van der Waals surface area contributed by atoms with Crippen LogP contribution < -0.4 is 5.32 Å². The van der Waals surface area contributed by atoms with Crippen molar-refractivity contribution in [2.24, 2.45) is 5.92 Å². The van der Waals surface area contributed by atoms with Crippen molar-refractivity contribution >= 4 is 5.91 Å². The van der Waals surface area contributed by atoms with Crippen molar-refractivity contribution in [2.75, 3.05) is 6.61 Å². The van der Waals surface area contributed by atoms with Gasteiger partial charge in [-0.25, -0.2) is 0 Å². The maximum Gasteiger partial charge on any atom is 0.253 e. The van der Waals surface area contributed by atoms with E-state index in [4.69, 9.17) is 0 Å². The van der Waals surface area contributed by atoms with Crippen LogP contribution >= 0.6 is 0 Å². The normalized spacial score (nSPS) is 19.0. The van der Waals surface area contributed by atoms with Crippen LogP contribution in [0.15, 0.2) is 30.3 Å². The van der Waals surface area contributed by atoms with Gasteiger partial charge in [0.1, 0.15) is 0 Å². The second kappa shape index (κ2) is 8.15. The fraction of sp³-hybridized carbons (Fsp3) is 0.588. The van der Waals surface area contributed by atoms with Crippen molar-refractivity contribution in [2.45, 2.75) is 50.7 Å². The zero-order valence-corrected chi connectivity index (χ0v) is 12.4. The van der Waals surface area contributed by atoms with Crippen molar-refractivity contribution < 1.29 is 15.0 Å². The maximum atomic E-state index is 12.2. The molecule has 1 saturated carbocycles. The molecule has 0 saturated heterocycles. The third-order valence-electron chi connectivity index (χ3n) is 4.35. The molecule has 1 aromatic carbocycles. The monoisotopic (exact) mass is 291 g/mol. The van der Waals surface area contributed by atoms with E-state index < -0.39 is 6.10 Å². The van der Waals surface area contributed by atoms with Crippen molar-refractivity contribution in [1.82, 2.24) is 5.32 Å². The Labute approximate surface area is 126 Å². The average Bonchev–Trinajstić information content (AvgIpc) is 2.55. The summed E-state index contributed by atoms with van der Waals surface area (Å²) in [4.78, 5) is 12.2. The van der Waals surface area contributed by atoms with Gasteiger partial charge in [-0.1, -0.05) is 49.6 Å². The van der Waals surface area contributed by atoms with Crippen LogP contribution in [0.3, 0.4) is 0 Å². The van der Waals surface area contributed by atoms with Gasteiger partial charge in [-0.15, -0.1) is 0 Å². The number of rotatable bonds is 6. The van der Waals surface area contributed by atoms with Crippen LogP contribution in [0.2, 0.25) is 0 Å². The van der Waals surface area contributed by atoms with Crippen LogP contribution in [-0.4, -0.2) is 28.8 Å². The number of hydrogen-bond donors (Lipinski definition) is 3. The minimum atomic E-state index is -1.14. The molecule has 1 fully saturated rings. The molecule has 2 rings (SSSR count). The summed E-state index contributed by atoms with van der Waals surface area (Å²) in [6, 6.07) is 8.90. The Bertz CT molecular complexity index is 429. The molecule has 0 spiro atoms. The van der Waals surface area contributed by atoms with Gasteiger partial charge in [-0.05, 0) is 30.7 Å². The second-order valence-corrected chi connectivity index (χ2v) is 5.84. The van der Waals surface area contributed by atoms with E-state index in [9.17, 15) is 15.0 Å². The van der Waals surface area contributed by atoms with Gasteiger partial charge in [0, 0.05) is 12.6 Å². The van der Waals surface area contributed by atoms with Crippen molar-refractivity contribution in [3.8, 4) is 0 Å². The molecule has 4 nitrogen and oxygen atoms in total. The highest BCUT2D eigenvalue weighted by Crippen LogP contribution is 2.28. The molecule has 4 heteroatoms. The number of aliphatic hydroxyl groups is 2. The highest BCUT2D eigenvalue weighted by Gasteiger charge is 2.27. The van der Waals surface area contributed by atoms with E-state index in [1.54, 1.807) is 24.3 Å². The molecule has 0 bridgehead atoms. The van der Waals surface area contributed by atoms with Gasteiger partial charge in [-0.2, -0.15) is 0 Å². The molecule has 0 aromatic heterocycles. The number of benzene rings is 1. The molecular weight excluding hydrogens is 266 g/mol. The molecule has 1 amide bonds. The Kier molecular flexibility index (Phi) is 6.21. The predicted octanol–water partition coefficient (Wildman–Crippen LogP) is 2.17. The molecule has 116 valence electrons. The zero-order valence-electron chi connectivity index (χ0n) is 12.4. The topological polar surface area (TPSA) is 69.6 Å². The summed E-state index contributed by atoms with van der Waals surface area (Å²) in [6.45, 7) is 0.0584. The summed E-state index contributed by atoms with van der Waals surface area (Å²) in [7, 11) is 0. The van der Waals surface area contributed by atoms with E-state index in [2.05, 4.69) is 5.32 Å². The third-order valence-corrected chi connectivity index (χ3v) is 4.35. The standard InChI is InChI=1S/C17H25NO3/c19-12-11-15(13-7-3-1-4-8-13)18-17(21)16(20)14-9-5-2-6-10-14/h2,5-6,9-10,13,15-16,19-20H,1,3-4,7-8,11-12H2,(H,18,21). The summed E-state index contributed by atoms with van der Waals surface area (Å²) in [6.07, 6.45) is 5.21. The molecular formula is C17H25NO3. The first-order valence-corrected chi connectivity index (χ1v) is 7.86. The van der Waals surface area contributed by atoms with Crippen LogP contribution in [0, 0.1) is 5.92 Å². The molecule has 1 aromatic rings. The van der Waals surface area contributed by atoms with Gasteiger partial charge in [0.2, 0.25) is 0 Å². The van der Waals surface area contributed by atoms with Crippen LogP contribution in [-0.2, 0) is 4.79 Å². The highest BCUT2D eigenvalue weighted by atomic mass is 16.3. The van der Waals surface area contributed by atoms with E-state index in [1.807, 2.05) is 6.07 Å². The van der Waals surface area contributed by atoms with Crippen molar-refractivity contribution in [3.63, 3.8) is 0 Å². The van der Waals surface area contributed by atoms with E-state index in [1.165, 1.54) is 19.3 Å². The zero-order chi connectivity index (χ0) is 15.1. The average molecular weight is 291 g/mol. The van der Waals surface area contributed by atoms with Crippen molar-refractivity contribution in [1.29, 1.82) is 0 Å². The second-order valence-electron chi connectivity index (χ2n) is 5.84. The Balaban J connectivity index is 1.97. The number of aliphatic hydroxyl groups excluding tert-OH is 2. The Morgan fingerprint density at radius 1 is 1.19 bits per heavy atom. The Morgan fingerprint density at radius 3 is 2.48 bits per heavy atom. The molecule has 0 aliphatic heterocycles. The number of carbonyl (C=O) groups excluding carboxylic acids is 1. The molecule has 1 aliphatic carbocycles. The fourth-order valence-electron chi connectivity index (χ4n) is 3.15. The Hall–Kier alpha value is -1.39. The first-order chi connectivity index (χ1) is 10.2. The van der Waals surface area contributed by atoms with Crippen molar-refractivity contribution in [3.05, 3.63) is 35.9 Å². The molecule has 2 unspecified atom stereocenters. The molecule has 2 atom stereocenters. The van der Waals surface area contributed by atoms with Gasteiger partial charge in [0.05, 0.1) is 0 Å². The van der Waals surface area contributed by atoms with Crippen LogP contribution in [0.1, 0.15) is 50.2 Å². The highest BCUT2D eigenvalue weighted by molar-refractivity contribution is 5.82. The molecule has 3 N–H and O–H groups in total. The predicted molar refractivity (Wildman–Crippen MR) is 81.6 cm³/mol. The van der Waals surface area contributed by atoms with E-state index >= 15 is 0 Å². The van der Waals surface area contributed by atoms with Gasteiger partial charge in [-0.3, -0.25) is 4.79 Å². The van der Waals surface area contributed by atoms with Crippen LogP contribution in [0.4, 0.5) is 0 Å². The number of nitrogens with one attached hydrogen (secondary N) is 1. The summed E-state index contributed by atoms with van der Waals surface area (Å²) in [5.41, 5.74) is 0.599. The van der Waals surface area contributed by atoms with Gasteiger partial charge < -0.3 is 15.5 Å². The minimum absolute atomic E-state index is 0.0406. The lowest BCUT2D eigenvalue weighted by Gasteiger charge is -2.31. The van der Waals surface area contributed by atoms with E-state index in [-0.39, 0.29) is 18.6 Å². The minimum Gasteiger partial charge on any atom is -0.396 e. The summed E-state index contributed by atoms with van der Waals surface area (Å²) in [5.74, 6) is 0.0445. The summed E-state index contributed by atoms with van der Waals surface area (Å²) < 4.78 is 0. The first-order valence-electron chi connectivity index (χ1n) is 7.86. The van der Waals surface area contributed by atoms with Crippen LogP contribution in [0.25, 0.3) is 0 Å². The first kappa shape index (κ1) is 16.0.